The van der Waals surface area contributed by atoms with Crippen molar-refractivity contribution >= 4 is 50.0 Å². The highest BCUT2D eigenvalue weighted by Gasteiger charge is 2.33. The van der Waals surface area contributed by atoms with Crippen molar-refractivity contribution < 1.29 is 13.2 Å². The SMILES string of the molecule is CCCCCn1c(SCC(=O)N(CC)C2CCS(=O)(=O)C2)nc2cc(Cl)ccc2c1=O. The molecule has 31 heavy (non-hydrogen) atoms. The second kappa shape index (κ2) is 10.4. The Morgan fingerprint density at radius 2 is 2.10 bits per heavy atom. The molecule has 1 amide bonds. The van der Waals surface area contributed by atoms with Crippen LogP contribution in [-0.2, 0) is 21.2 Å². The topological polar surface area (TPSA) is 89.3 Å². The third kappa shape index (κ3) is 5.81. The van der Waals surface area contributed by atoms with Crippen LogP contribution in [0.3, 0.4) is 0 Å². The number of fused-ring (bicyclic) bond motifs is 1. The number of thioether (sulfide) groups is 1. The largest absolute Gasteiger partial charge is 0.338 e. The van der Waals surface area contributed by atoms with Crippen molar-refractivity contribution in [3.63, 3.8) is 0 Å². The Kier molecular flexibility index (Phi) is 8.04. The van der Waals surface area contributed by atoms with Gasteiger partial charge < -0.3 is 4.90 Å². The van der Waals surface area contributed by atoms with E-state index < -0.39 is 9.84 Å². The minimum Gasteiger partial charge on any atom is -0.338 e. The summed E-state index contributed by atoms with van der Waals surface area (Å²) in [5.74, 6) is 0.0936. The Morgan fingerprint density at radius 1 is 1.32 bits per heavy atom. The number of halogens is 1. The van der Waals surface area contributed by atoms with Gasteiger partial charge >= 0.3 is 0 Å². The number of carbonyl (C=O) groups excluding carboxylic acids is 1. The lowest BCUT2D eigenvalue weighted by Crippen LogP contribution is -2.42. The molecule has 2 aromatic rings. The molecule has 170 valence electrons. The fraction of sp³-hybridized carbons (Fsp3) is 0.571. The van der Waals surface area contributed by atoms with Crippen LogP contribution in [0.5, 0.6) is 0 Å². The number of aromatic nitrogens is 2. The summed E-state index contributed by atoms with van der Waals surface area (Å²) in [6.45, 7) is 4.93. The molecule has 1 aliphatic rings. The lowest BCUT2D eigenvalue weighted by atomic mass is 10.2. The highest BCUT2D eigenvalue weighted by Crippen LogP contribution is 2.23. The van der Waals surface area contributed by atoms with E-state index in [0.29, 0.717) is 40.6 Å². The van der Waals surface area contributed by atoms with Gasteiger partial charge in [-0.05, 0) is 38.0 Å². The van der Waals surface area contributed by atoms with Crippen molar-refractivity contribution in [2.45, 2.75) is 57.3 Å². The zero-order valence-corrected chi connectivity index (χ0v) is 20.2. The van der Waals surface area contributed by atoms with Crippen LogP contribution in [0.4, 0.5) is 0 Å². The van der Waals surface area contributed by atoms with E-state index in [1.807, 2.05) is 6.92 Å². The van der Waals surface area contributed by atoms with Gasteiger partial charge in [0.25, 0.3) is 5.56 Å². The lowest BCUT2D eigenvalue weighted by Gasteiger charge is -2.26. The Hall–Kier alpha value is -1.58. The predicted molar refractivity (Wildman–Crippen MR) is 126 cm³/mol. The zero-order valence-electron chi connectivity index (χ0n) is 17.8. The average molecular weight is 486 g/mol. The minimum atomic E-state index is -3.08. The third-order valence-corrected chi connectivity index (χ3v) is 8.45. The van der Waals surface area contributed by atoms with E-state index in [2.05, 4.69) is 11.9 Å². The maximum atomic E-state index is 13.1. The maximum absolute atomic E-state index is 13.1. The van der Waals surface area contributed by atoms with Gasteiger partial charge in [-0.3, -0.25) is 14.2 Å². The normalized spacial score (nSPS) is 17.8. The van der Waals surface area contributed by atoms with Gasteiger partial charge in [0.2, 0.25) is 5.91 Å². The molecule has 1 aromatic carbocycles. The third-order valence-electron chi connectivity index (χ3n) is 5.50. The highest BCUT2D eigenvalue weighted by molar-refractivity contribution is 7.99. The summed E-state index contributed by atoms with van der Waals surface area (Å²) in [5.41, 5.74) is 0.371. The van der Waals surface area contributed by atoms with Crippen LogP contribution in [-0.4, -0.2) is 58.6 Å². The number of amides is 1. The molecule has 0 bridgehead atoms. The highest BCUT2D eigenvalue weighted by atomic mass is 35.5. The van der Waals surface area contributed by atoms with Crippen LogP contribution >= 0.6 is 23.4 Å². The van der Waals surface area contributed by atoms with Gasteiger partial charge in [-0.1, -0.05) is 43.1 Å². The van der Waals surface area contributed by atoms with Crippen molar-refractivity contribution in [3.8, 4) is 0 Å². The lowest BCUT2D eigenvalue weighted by molar-refractivity contribution is -0.129. The average Bonchev–Trinajstić information content (AvgIpc) is 3.08. The summed E-state index contributed by atoms with van der Waals surface area (Å²) in [5, 5.41) is 1.48. The van der Waals surface area contributed by atoms with Gasteiger partial charge in [-0.25, -0.2) is 13.4 Å². The molecule has 7 nitrogen and oxygen atoms in total. The van der Waals surface area contributed by atoms with E-state index in [9.17, 15) is 18.0 Å². The van der Waals surface area contributed by atoms with E-state index in [1.165, 1.54) is 11.8 Å². The fourth-order valence-corrected chi connectivity index (χ4v) is 6.68. The van der Waals surface area contributed by atoms with Crippen molar-refractivity contribution in [3.05, 3.63) is 33.6 Å². The predicted octanol–water partition coefficient (Wildman–Crippen LogP) is 3.37. The fourth-order valence-electron chi connectivity index (χ4n) is 3.87. The molecule has 0 radical (unpaired) electrons. The van der Waals surface area contributed by atoms with Gasteiger partial charge in [0.05, 0.1) is 28.2 Å². The van der Waals surface area contributed by atoms with Crippen LogP contribution in [0.15, 0.2) is 28.2 Å². The van der Waals surface area contributed by atoms with Gasteiger partial charge in [0.15, 0.2) is 15.0 Å². The van der Waals surface area contributed by atoms with E-state index in [0.717, 1.165) is 19.3 Å². The number of hydrogen-bond donors (Lipinski definition) is 0. The summed E-state index contributed by atoms with van der Waals surface area (Å²) in [6, 6.07) is 4.73. The first-order valence-corrected chi connectivity index (χ1v) is 13.8. The standard InChI is InChI=1S/C21H28ClN3O4S2/c1-3-5-6-10-25-20(27)17-8-7-15(22)12-18(17)23-21(25)30-13-19(26)24(4-2)16-9-11-31(28,29)14-16/h7-8,12,16H,3-6,9-11,13-14H2,1-2H3. The number of nitrogens with zero attached hydrogens (tertiary/aromatic N) is 3. The van der Waals surface area contributed by atoms with Crippen LogP contribution in [0.2, 0.25) is 5.02 Å². The second-order valence-electron chi connectivity index (χ2n) is 7.75. The number of sulfone groups is 1. The molecular weight excluding hydrogens is 458 g/mol. The molecule has 1 aliphatic heterocycles. The Morgan fingerprint density at radius 3 is 2.74 bits per heavy atom. The van der Waals surface area contributed by atoms with Crippen LogP contribution < -0.4 is 5.56 Å². The van der Waals surface area contributed by atoms with Gasteiger partial charge in [-0.15, -0.1) is 0 Å². The molecule has 1 atom stereocenters. The first-order valence-electron chi connectivity index (χ1n) is 10.6. The summed E-state index contributed by atoms with van der Waals surface area (Å²) >= 11 is 7.30. The van der Waals surface area contributed by atoms with E-state index in [-0.39, 0.29) is 34.8 Å². The molecule has 0 N–H and O–H groups in total. The molecule has 1 fully saturated rings. The summed E-state index contributed by atoms with van der Waals surface area (Å²) in [7, 11) is -3.08. The quantitative estimate of drug-likeness (QED) is 0.307. The number of unbranched alkanes of at least 4 members (excludes halogenated alkanes) is 2. The summed E-state index contributed by atoms with van der Waals surface area (Å²) in [6.07, 6.45) is 3.34. The molecule has 1 unspecified atom stereocenters. The van der Waals surface area contributed by atoms with E-state index >= 15 is 0 Å². The maximum Gasteiger partial charge on any atom is 0.262 e. The van der Waals surface area contributed by atoms with E-state index in [1.54, 1.807) is 27.7 Å². The second-order valence-corrected chi connectivity index (χ2v) is 11.4. The first-order chi connectivity index (χ1) is 14.8. The Labute approximate surface area is 192 Å². The van der Waals surface area contributed by atoms with Crippen molar-refractivity contribution in [1.29, 1.82) is 0 Å². The van der Waals surface area contributed by atoms with Crippen LogP contribution in [0.1, 0.15) is 39.5 Å². The number of carbonyl (C=O) groups is 1. The zero-order chi connectivity index (χ0) is 22.6. The molecule has 1 saturated heterocycles. The smallest absolute Gasteiger partial charge is 0.262 e. The van der Waals surface area contributed by atoms with Gasteiger partial charge in [-0.2, -0.15) is 0 Å². The van der Waals surface area contributed by atoms with Crippen molar-refractivity contribution in [2.24, 2.45) is 0 Å². The van der Waals surface area contributed by atoms with Crippen molar-refractivity contribution in [1.82, 2.24) is 14.5 Å². The molecule has 0 spiro atoms. The minimum absolute atomic E-state index is 0.0195. The summed E-state index contributed by atoms with van der Waals surface area (Å²) in [4.78, 5) is 32.2. The molecule has 0 aliphatic carbocycles. The first kappa shape index (κ1) is 24.1. The van der Waals surface area contributed by atoms with Gasteiger partial charge in [0.1, 0.15) is 0 Å². The number of hydrogen-bond acceptors (Lipinski definition) is 6. The van der Waals surface area contributed by atoms with E-state index in [4.69, 9.17) is 11.6 Å². The molecule has 1 aromatic heterocycles. The number of benzene rings is 1. The molecular formula is C21H28ClN3O4S2. The Bertz CT molecular complexity index is 1120. The molecule has 0 saturated carbocycles. The van der Waals surface area contributed by atoms with Gasteiger partial charge in [0, 0.05) is 24.2 Å². The molecule has 2 heterocycles. The Balaban J connectivity index is 1.84. The van der Waals surface area contributed by atoms with Crippen molar-refractivity contribution in [2.75, 3.05) is 23.8 Å². The summed E-state index contributed by atoms with van der Waals surface area (Å²) < 4.78 is 25.3. The molecule has 3 rings (SSSR count). The molecule has 10 heteroatoms. The number of rotatable bonds is 9. The van der Waals surface area contributed by atoms with Crippen LogP contribution in [0, 0.1) is 0 Å². The monoisotopic (exact) mass is 485 g/mol. The van der Waals surface area contributed by atoms with Crippen LogP contribution in [0.25, 0.3) is 10.9 Å².